The minimum atomic E-state index is -0.173. The molecule has 0 amide bonds. The number of aliphatic hydroxyl groups excluding tert-OH is 1. The summed E-state index contributed by atoms with van der Waals surface area (Å²) < 4.78 is 10.3. The lowest BCUT2D eigenvalue weighted by molar-refractivity contribution is -0.110. The van der Waals surface area contributed by atoms with Crippen LogP contribution in [0.1, 0.15) is 17.3 Å². The molecule has 0 bridgehead atoms. The number of aliphatic hydroxyl groups is 1. The predicted octanol–water partition coefficient (Wildman–Crippen LogP) is 2.66. The molecule has 0 atom stereocenters. The Balaban J connectivity index is 1.94. The molecule has 0 unspecified atom stereocenters. The number of allylic oxidation sites excluding steroid dienone is 2. The first-order chi connectivity index (χ1) is 8.78. The number of carbonyl (C=O) groups excluding carboxylic acids is 1. The van der Waals surface area contributed by atoms with Crippen molar-refractivity contribution in [1.29, 1.82) is 0 Å². The van der Waals surface area contributed by atoms with Crippen molar-refractivity contribution in [3.63, 3.8) is 0 Å². The van der Waals surface area contributed by atoms with E-state index in [0.29, 0.717) is 17.3 Å². The number of ketones is 1. The van der Waals surface area contributed by atoms with Crippen LogP contribution < -0.4 is 0 Å². The summed E-state index contributed by atoms with van der Waals surface area (Å²) in [6.07, 6.45) is 7.48. The van der Waals surface area contributed by atoms with Crippen LogP contribution in [-0.2, 0) is 11.4 Å². The van der Waals surface area contributed by atoms with E-state index in [9.17, 15) is 4.79 Å². The van der Waals surface area contributed by atoms with Gasteiger partial charge in [0.15, 0.2) is 5.78 Å². The van der Waals surface area contributed by atoms with E-state index in [1.807, 2.05) is 0 Å². The highest BCUT2D eigenvalue weighted by atomic mass is 16.4. The van der Waals surface area contributed by atoms with E-state index in [1.54, 1.807) is 42.7 Å². The topological polar surface area (TPSA) is 63.6 Å². The average molecular weight is 244 g/mol. The Hall–Kier alpha value is -2.33. The molecule has 18 heavy (non-hydrogen) atoms. The summed E-state index contributed by atoms with van der Waals surface area (Å²) in [7, 11) is 0. The van der Waals surface area contributed by atoms with Gasteiger partial charge in [0.05, 0.1) is 6.26 Å². The normalized spacial score (nSPS) is 11.6. The predicted molar refractivity (Wildman–Crippen MR) is 66.4 cm³/mol. The van der Waals surface area contributed by atoms with Crippen molar-refractivity contribution >= 4 is 17.9 Å². The van der Waals surface area contributed by atoms with E-state index < -0.39 is 0 Å². The molecule has 4 nitrogen and oxygen atoms in total. The van der Waals surface area contributed by atoms with E-state index in [0.717, 1.165) is 0 Å². The lowest BCUT2D eigenvalue weighted by Crippen LogP contribution is -1.83. The fraction of sp³-hybridized carbons (Fsp3) is 0.0714. The van der Waals surface area contributed by atoms with Gasteiger partial charge in [-0.2, -0.15) is 0 Å². The van der Waals surface area contributed by atoms with Crippen LogP contribution in [-0.4, -0.2) is 10.9 Å². The molecule has 92 valence electrons. The summed E-state index contributed by atoms with van der Waals surface area (Å²) in [6.45, 7) is -0.153. The summed E-state index contributed by atoms with van der Waals surface area (Å²) in [6, 6.07) is 6.85. The van der Waals surface area contributed by atoms with Gasteiger partial charge in [0.2, 0.25) is 0 Å². The van der Waals surface area contributed by atoms with Crippen LogP contribution in [0.2, 0.25) is 0 Å². The van der Waals surface area contributed by atoms with Gasteiger partial charge in [-0.25, -0.2) is 0 Å². The number of carbonyl (C=O) groups is 1. The monoisotopic (exact) mass is 244 g/mol. The van der Waals surface area contributed by atoms with Crippen molar-refractivity contribution in [1.82, 2.24) is 0 Å². The van der Waals surface area contributed by atoms with E-state index >= 15 is 0 Å². The molecule has 0 saturated carbocycles. The Morgan fingerprint density at radius 3 is 2.56 bits per heavy atom. The van der Waals surface area contributed by atoms with Crippen molar-refractivity contribution in [3.05, 3.63) is 60.0 Å². The maximum Gasteiger partial charge on any atom is 0.178 e. The Morgan fingerprint density at radius 1 is 1.17 bits per heavy atom. The second-order valence-corrected chi connectivity index (χ2v) is 3.55. The largest absolute Gasteiger partial charge is 0.465 e. The molecule has 0 spiro atoms. The summed E-state index contributed by atoms with van der Waals surface area (Å²) >= 11 is 0. The lowest BCUT2D eigenvalue weighted by atomic mass is 10.3. The molecule has 2 aromatic rings. The van der Waals surface area contributed by atoms with Crippen molar-refractivity contribution in [2.75, 3.05) is 0 Å². The SMILES string of the molecule is O=C(C=Cc1ccco1)C=Cc1ccc(CO)o1. The average Bonchev–Trinajstić information content (AvgIpc) is 3.04. The summed E-state index contributed by atoms with van der Waals surface area (Å²) in [5, 5.41) is 8.81. The zero-order valence-electron chi connectivity index (χ0n) is 9.58. The third-order valence-corrected chi connectivity index (χ3v) is 2.21. The van der Waals surface area contributed by atoms with Crippen LogP contribution >= 0.6 is 0 Å². The van der Waals surface area contributed by atoms with Crippen molar-refractivity contribution < 1.29 is 18.7 Å². The number of hydrogen-bond donors (Lipinski definition) is 1. The molecule has 0 saturated heterocycles. The first-order valence-electron chi connectivity index (χ1n) is 5.41. The van der Waals surface area contributed by atoms with Gasteiger partial charge >= 0.3 is 0 Å². The van der Waals surface area contributed by atoms with E-state index in [-0.39, 0.29) is 12.4 Å². The van der Waals surface area contributed by atoms with Gasteiger partial charge in [0.1, 0.15) is 23.9 Å². The molecule has 0 aliphatic rings. The molecule has 0 radical (unpaired) electrons. The first kappa shape index (κ1) is 12.1. The summed E-state index contributed by atoms with van der Waals surface area (Å²) in [4.78, 5) is 11.5. The first-order valence-corrected chi connectivity index (χ1v) is 5.41. The van der Waals surface area contributed by atoms with Crippen LogP contribution in [0.15, 0.2) is 51.5 Å². The highest BCUT2D eigenvalue weighted by Gasteiger charge is 1.97. The third-order valence-electron chi connectivity index (χ3n) is 2.21. The second kappa shape index (κ2) is 5.84. The molecule has 1 N–H and O–H groups in total. The van der Waals surface area contributed by atoms with Gasteiger partial charge in [-0.05, 0) is 48.6 Å². The number of rotatable bonds is 5. The van der Waals surface area contributed by atoms with Crippen LogP contribution in [0.4, 0.5) is 0 Å². The van der Waals surface area contributed by atoms with Crippen molar-refractivity contribution in [2.24, 2.45) is 0 Å². The molecule has 2 rings (SSSR count). The number of hydrogen-bond acceptors (Lipinski definition) is 4. The smallest absolute Gasteiger partial charge is 0.178 e. The maximum absolute atomic E-state index is 11.5. The van der Waals surface area contributed by atoms with Gasteiger partial charge < -0.3 is 13.9 Å². The summed E-state index contributed by atoms with van der Waals surface area (Å²) in [5.41, 5.74) is 0. The van der Waals surface area contributed by atoms with Gasteiger partial charge in [-0.1, -0.05) is 0 Å². The van der Waals surface area contributed by atoms with Crippen LogP contribution in [0.3, 0.4) is 0 Å². The molecule has 0 fully saturated rings. The zero-order chi connectivity index (χ0) is 12.8. The van der Waals surface area contributed by atoms with Crippen LogP contribution in [0.5, 0.6) is 0 Å². The van der Waals surface area contributed by atoms with E-state index in [2.05, 4.69) is 0 Å². The Bertz CT molecular complexity index is 558. The highest BCUT2D eigenvalue weighted by Crippen LogP contribution is 2.09. The minimum Gasteiger partial charge on any atom is -0.465 e. The molecular weight excluding hydrogens is 232 g/mol. The molecule has 0 aliphatic heterocycles. The second-order valence-electron chi connectivity index (χ2n) is 3.55. The third kappa shape index (κ3) is 3.33. The molecule has 0 aromatic carbocycles. The van der Waals surface area contributed by atoms with E-state index in [4.69, 9.17) is 13.9 Å². The fourth-order valence-electron chi connectivity index (χ4n) is 1.34. The van der Waals surface area contributed by atoms with Gasteiger partial charge in [-0.3, -0.25) is 4.79 Å². The quantitative estimate of drug-likeness (QED) is 0.821. The van der Waals surface area contributed by atoms with Crippen LogP contribution in [0, 0.1) is 0 Å². The minimum absolute atomic E-state index is 0.153. The van der Waals surface area contributed by atoms with E-state index in [1.165, 1.54) is 12.2 Å². The molecule has 0 aliphatic carbocycles. The molecule has 2 heterocycles. The lowest BCUT2D eigenvalue weighted by Gasteiger charge is -1.87. The fourth-order valence-corrected chi connectivity index (χ4v) is 1.34. The number of furan rings is 2. The van der Waals surface area contributed by atoms with Crippen molar-refractivity contribution in [3.8, 4) is 0 Å². The molecular formula is C14H12O4. The van der Waals surface area contributed by atoms with Gasteiger partial charge in [0.25, 0.3) is 0 Å². The van der Waals surface area contributed by atoms with Gasteiger partial charge in [-0.15, -0.1) is 0 Å². The standard InChI is InChI=1S/C14H12O4/c15-10-14-8-7-13(18-14)6-4-11(16)3-5-12-2-1-9-17-12/h1-9,15H,10H2. The Kier molecular flexibility index (Phi) is 3.94. The Morgan fingerprint density at radius 2 is 1.94 bits per heavy atom. The van der Waals surface area contributed by atoms with Crippen molar-refractivity contribution in [2.45, 2.75) is 6.61 Å². The molecule has 2 aromatic heterocycles. The summed E-state index contributed by atoms with van der Waals surface area (Å²) in [5.74, 6) is 1.44. The Labute approximate surface area is 104 Å². The maximum atomic E-state index is 11.5. The highest BCUT2D eigenvalue weighted by molar-refractivity contribution is 6.04. The van der Waals surface area contributed by atoms with Gasteiger partial charge in [0, 0.05) is 0 Å². The molecule has 4 heteroatoms. The van der Waals surface area contributed by atoms with Crippen LogP contribution in [0.25, 0.3) is 12.2 Å². The zero-order valence-corrected chi connectivity index (χ0v) is 9.58.